The van der Waals surface area contributed by atoms with Gasteiger partial charge in [-0.15, -0.1) is 0 Å². The minimum atomic E-state index is -0.837. The number of nitrogens with zero attached hydrogens (tertiary/aromatic N) is 2. The lowest BCUT2D eigenvalue weighted by Gasteiger charge is -2.49. The fourth-order valence-corrected chi connectivity index (χ4v) is 2.89. The van der Waals surface area contributed by atoms with Crippen LogP contribution in [0.5, 0.6) is 0 Å². The Hall–Kier alpha value is -1.59. The minimum absolute atomic E-state index is 0.0617. The summed E-state index contributed by atoms with van der Waals surface area (Å²) in [7, 11) is 1.94. The lowest BCUT2D eigenvalue weighted by molar-refractivity contribution is -0.151. The zero-order valence-corrected chi connectivity index (χ0v) is 14.3. The molecule has 1 saturated heterocycles. The third-order valence-corrected chi connectivity index (χ3v) is 4.88. The smallest absolute Gasteiger partial charge is 0.303 e. The maximum absolute atomic E-state index is 12.9. The Morgan fingerprint density at radius 3 is 2.48 bits per heavy atom. The molecule has 0 bridgehead atoms. The van der Waals surface area contributed by atoms with Gasteiger partial charge < -0.3 is 10.0 Å². The lowest BCUT2D eigenvalue weighted by atomic mass is 9.85. The number of carbonyl (C=O) groups excluding carboxylic acids is 1. The Bertz CT molecular complexity index is 576. The topological polar surface area (TPSA) is 60.9 Å². The van der Waals surface area contributed by atoms with Crippen LogP contribution >= 0.6 is 11.6 Å². The van der Waals surface area contributed by atoms with Crippen LogP contribution in [0, 0.1) is 0 Å². The summed E-state index contributed by atoms with van der Waals surface area (Å²) in [6.45, 7) is 3.77. The number of amides is 1. The Balaban J connectivity index is 2.09. The normalized spacial score (nSPS) is 20.8. The van der Waals surface area contributed by atoms with E-state index in [1.54, 1.807) is 17.0 Å². The second kappa shape index (κ2) is 7.32. The van der Waals surface area contributed by atoms with Gasteiger partial charge >= 0.3 is 5.97 Å². The number of carbonyl (C=O) groups is 2. The molecule has 0 radical (unpaired) electrons. The molecule has 1 aliphatic rings. The highest BCUT2D eigenvalue weighted by molar-refractivity contribution is 6.30. The number of benzene rings is 1. The number of likely N-dealkylation sites (tertiary alicyclic amines) is 1. The van der Waals surface area contributed by atoms with Gasteiger partial charge in [0.2, 0.25) is 5.91 Å². The summed E-state index contributed by atoms with van der Waals surface area (Å²) < 4.78 is 0. The average molecular weight is 339 g/mol. The molecule has 2 rings (SSSR count). The van der Waals surface area contributed by atoms with E-state index in [-0.39, 0.29) is 12.3 Å². The van der Waals surface area contributed by atoms with Crippen molar-refractivity contribution in [3.63, 3.8) is 0 Å². The van der Waals surface area contributed by atoms with Crippen molar-refractivity contribution in [2.24, 2.45) is 0 Å². The largest absolute Gasteiger partial charge is 0.481 e. The van der Waals surface area contributed by atoms with Crippen molar-refractivity contribution in [1.82, 2.24) is 9.80 Å². The monoisotopic (exact) mass is 338 g/mol. The minimum Gasteiger partial charge on any atom is -0.481 e. The first kappa shape index (κ1) is 17.8. The fraction of sp³-hybridized carbons (Fsp3) is 0.529. The van der Waals surface area contributed by atoms with Crippen LogP contribution in [-0.2, 0) is 16.1 Å². The molecule has 1 aromatic rings. The Kier molecular flexibility index (Phi) is 5.65. The maximum Gasteiger partial charge on any atom is 0.303 e. The highest BCUT2D eigenvalue weighted by Crippen LogP contribution is 2.31. The van der Waals surface area contributed by atoms with E-state index >= 15 is 0 Å². The number of hydrogen-bond acceptors (Lipinski definition) is 3. The van der Waals surface area contributed by atoms with Gasteiger partial charge in [0, 0.05) is 31.1 Å². The number of rotatable bonds is 7. The van der Waals surface area contributed by atoms with Gasteiger partial charge in [-0.25, -0.2) is 0 Å². The molecule has 5 nitrogen and oxygen atoms in total. The van der Waals surface area contributed by atoms with Crippen molar-refractivity contribution >= 4 is 23.5 Å². The number of hydrogen-bond donors (Lipinski definition) is 1. The first-order valence-corrected chi connectivity index (χ1v) is 8.17. The number of carboxylic acid groups (broad SMARTS) is 1. The van der Waals surface area contributed by atoms with Crippen LogP contribution in [0.1, 0.15) is 31.7 Å². The van der Waals surface area contributed by atoms with Gasteiger partial charge in [-0.1, -0.05) is 23.7 Å². The highest BCUT2D eigenvalue weighted by atomic mass is 35.5. The molecule has 1 atom stereocenters. The molecule has 0 saturated carbocycles. The zero-order valence-electron chi connectivity index (χ0n) is 13.6. The van der Waals surface area contributed by atoms with Crippen LogP contribution in [0.15, 0.2) is 24.3 Å². The summed E-state index contributed by atoms with van der Waals surface area (Å²) in [5, 5.41) is 9.47. The molecule has 6 heteroatoms. The third kappa shape index (κ3) is 4.24. The number of carboxylic acids is 1. The Morgan fingerprint density at radius 2 is 2.00 bits per heavy atom. The predicted octanol–water partition coefficient (Wildman–Crippen LogP) is 2.63. The van der Waals surface area contributed by atoms with Gasteiger partial charge in [0.1, 0.15) is 0 Å². The molecule has 126 valence electrons. The van der Waals surface area contributed by atoms with Gasteiger partial charge in [0.05, 0.1) is 5.54 Å². The molecule has 1 unspecified atom stereocenters. The quantitative estimate of drug-likeness (QED) is 0.830. The average Bonchev–Trinajstić information content (AvgIpc) is 2.52. The van der Waals surface area contributed by atoms with Crippen molar-refractivity contribution in [2.75, 3.05) is 20.1 Å². The Labute approximate surface area is 141 Å². The second-order valence-electron chi connectivity index (χ2n) is 6.30. The van der Waals surface area contributed by atoms with E-state index in [1.165, 1.54) is 0 Å². The first-order chi connectivity index (χ1) is 10.8. The van der Waals surface area contributed by atoms with E-state index in [0.29, 0.717) is 24.5 Å². The van der Waals surface area contributed by atoms with Crippen molar-refractivity contribution in [1.29, 1.82) is 0 Å². The molecule has 1 aromatic carbocycles. The molecule has 23 heavy (non-hydrogen) atoms. The summed E-state index contributed by atoms with van der Waals surface area (Å²) in [5.41, 5.74) is 0.513. The lowest BCUT2D eigenvalue weighted by Crippen LogP contribution is -2.64. The molecule has 1 amide bonds. The first-order valence-electron chi connectivity index (χ1n) is 7.80. The van der Waals surface area contributed by atoms with Gasteiger partial charge in [0.15, 0.2) is 0 Å². The molecule has 1 fully saturated rings. The highest BCUT2D eigenvalue weighted by Gasteiger charge is 2.46. The fourth-order valence-electron chi connectivity index (χ4n) is 2.77. The van der Waals surface area contributed by atoms with Crippen molar-refractivity contribution in [3.8, 4) is 0 Å². The third-order valence-electron chi connectivity index (χ3n) is 4.63. The summed E-state index contributed by atoms with van der Waals surface area (Å²) in [6, 6.07) is 7.39. The van der Waals surface area contributed by atoms with Crippen molar-refractivity contribution < 1.29 is 14.7 Å². The van der Waals surface area contributed by atoms with Crippen LogP contribution in [-0.4, -0.2) is 52.5 Å². The number of likely N-dealkylation sites (N-methyl/N-ethyl adjacent to an activating group) is 1. The van der Waals surface area contributed by atoms with Crippen LogP contribution in [0.25, 0.3) is 0 Å². The van der Waals surface area contributed by atoms with E-state index in [2.05, 4.69) is 0 Å². The van der Waals surface area contributed by atoms with Crippen LogP contribution in [0.2, 0.25) is 5.02 Å². The number of halogens is 1. The van der Waals surface area contributed by atoms with Crippen molar-refractivity contribution in [3.05, 3.63) is 34.9 Å². The predicted molar refractivity (Wildman–Crippen MR) is 89.4 cm³/mol. The maximum atomic E-state index is 12.9. The van der Waals surface area contributed by atoms with E-state index in [4.69, 9.17) is 16.7 Å². The van der Waals surface area contributed by atoms with Crippen molar-refractivity contribution in [2.45, 2.75) is 38.3 Å². The molecule has 1 heterocycles. The second-order valence-corrected chi connectivity index (χ2v) is 6.73. The Morgan fingerprint density at radius 1 is 1.35 bits per heavy atom. The van der Waals surface area contributed by atoms with E-state index in [9.17, 15) is 9.59 Å². The molecular weight excluding hydrogens is 316 g/mol. The van der Waals surface area contributed by atoms with Gasteiger partial charge in [0.25, 0.3) is 0 Å². The summed E-state index contributed by atoms with van der Waals surface area (Å²) in [6.07, 6.45) is 1.35. The van der Waals surface area contributed by atoms with Crippen LogP contribution in [0.4, 0.5) is 0 Å². The van der Waals surface area contributed by atoms with E-state index in [1.807, 2.05) is 31.0 Å². The summed E-state index contributed by atoms with van der Waals surface area (Å²) in [4.78, 5) is 27.5. The summed E-state index contributed by atoms with van der Waals surface area (Å²) >= 11 is 5.90. The van der Waals surface area contributed by atoms with E-state index < -0.39 is 11.5 Å². The van der Waals surface area contributed by atoms with E-state index in [0.717, 1.165) is 18.5 Å². The number of aliphatic carboxylic acids is 1. The molecule has 1 N–H and O–H groups in total. The molecule has 0 aliphatic carbocycles. The standard InChI is InChI=1S/C17H23ClN2O3/c1-17(9-11-19(17)2)16(23)20(10-3-4-15(21)22)12-13-5-7-14(18)8-6-13/h5-8H,3-4,9-12H2,1-2H3,(H,21,22). The SMILES string of the molecule is CN1CCC1(C)C(=O)N(CCCC(=O)O)Cc1ccc(Cl)cc1. The summed E-state index contributed by atoms with van der Waals surface area (Å²) in [5.74, 6) is -0.776. The van der Waals surface area contributed by atoms with Gasteiger partial charge in [-0.2, -0.15) is 0 Å². The zero-order chi connectivity index (χ0) is 17.0. The van der Waals surface area contributed by atoms with Crippen LogP contribution in [0.3, 0.4) is 0 Å². The van der Waals surface area contributed by atoms with Crippen LogP contribution < -0.4 is 0 Å². The molecule has 1 aliphatic heterocycles. The molecule has 0 spiro atoms. The molecular formula is C17H23ClN2O3. The van der Waals surface area contributed by atoms with Gasteiger partial charge in [-0.05, 0) is 44.5 Å². The van der Waals surface area contributed by atoms with Gasteiger partial charge in [-0.3, -0.25) is 14.5 Å². The molecule has 0 aromatic heterocycles.